The maximum absolute atomic E-state index is 9.48. The standard InChI is InChI=1S/C24H36N8O2/c1-4-5-17(10-13-33)27-23-22-19(29-24(25)30-23)14-26-32(22)15-20-21(34-3)7-6-18(28-20)16-8-11-31(2)12-9-16/h6-7,14,16-17,33H,4-5,8-13,15H2,1-3H3,(H3,25,27,29,30). The topological polar surface area (TPSA) is 127 Å². The number of hydrogen-bond donors (Lipinski definition) is 3. The zero-order chi connectivity index (χ0) is 24.1. The summed E-state index contributed by atoms with van der Waals surface area (Å²) in [6, 6.07) is 4.17. The summed E-state index contributed by atoms with van der Waals surface area (Å²) in [5.41, 5.74) is 9.34. The molecule has 1 fully saturated rings. The van der Waals surface area contributed by atoms with Gasteiger partial charge in [0.1, 0.15) is 22.5 Å². The highest BCUT2D eigenvalue weighted by Crippen LogP contribution is 2.30. The van der Waals surface area contributed by atoms with Crippen LogP contribution < -0.4 is 15.8 Å². The lowest BCUT2D eigenvalue weighted by Gasteiger charge is -2.28. The average molecular weight is 469 g/mol. The number of likely N-dealkylation sites (tertiary alicyclic amines) is 1. The largest absolute Gasteiger partial charge is 0.495 e. The summed E-state index contributed by atoms with van der Waals surface area (Å²) < 4.78 is 7.49. The normalized spacial score (nSPS) is 16.1. The van der Waals surface area contributed by atoms with Gasteiger partial charge in [-0.25, -0.2) is 4.98 Å². The number of aromatic nitrogens is 5. The van der Waals surface area contributed by atoms with Crippen molar-refractivity contribution in [3.63, 3.8) is 0 Å². The summed E-state index contributed by atoms with van der Waals surface area (Å²) in [4.78, 5) is 16.2. The van der Waals surface area contributed by atoms with Crippen molar-refractivity contribution in [2.24, 2.45) is 0 Å². The number of nitrogens with two attached hydrogens (primary N) is 1. The van der Waals surface area contributed by atoms with Crippen molar-refractivity contribution in [2.75, 3.05) is 44.9 Å². The van der Waals surface area contributed by atoms with E-state index < -0.39 is 0 Å². The monoisotopic (exact) mass is 468 g/mol. The summed E-state index contributed by atoms with van der Waals surface area (Å²) in [5.74, 6) is 1.99. The van der Waals surface area contributed by atoms with E-state index in [4.69, 9.17) is 15.5 Å². The lowest BCUT2D eigenvalue weighted by atomic mass is 9.93. The van der Waals surface area contributed by atoms with Gasteiger partial charge in [-0.15, -0.1) is 0 Å². The highest BCUT2D eigenvalue weighted by atomic mass is 16.5. The van der Waals surface area contributed by atoms with E-state index in [9.17, 15) is 5.11 Å². The Morgan fingerprint density at radius 2 is 2.00 bits per heavy atom. The Labute approximate surface area is 200 Å². The Morgan fingerprint density at radius 1 is 1.21 bits per heavy atom. The van der Waals surface area contributed by atoms with Gasteiger partial charge in [-0.3, -0.25) is 9.67 Å². The van der Waals surface area contributed by atoms with E-state index in [1.165, 1.54) is 0 Å². The molecule has 0 amide bonds. The second kappa shape index (κ2) is 11.0. The Kier molecular flexibility index (Phi) is 7.79. The van der Waals surface area contributed by atoms with Crippen LogP contribution in [0.2, 0.25) is 0 Å². The first-order chi connectivity index (χ1) is 16.5. The van der Waals surface area contributed by atoms with Crippen LogP contribution in [-0.4, -0.2) is 74.6 Å². The number of piperidine rings is 1. The first-order valence-electron chi connectivity index (χ1n) is 12.1. The molecule has 4 heterocycles. The van der Waals surface area contributed by atoms with Crippen LogP contribution in [0.3, 0.4) is 0 Å². The summed E-state index contributed by atoms with van der Waals surface area (Å²) in [6.07, 6.45) is 6.43. The lowest BCUT2D eigenvalue weighted by molar-refractivity contribution is 0.253. The molecule has 184 valence electrons. The molecule has 3 aromatic heterocycles. The van der Waals surface area contributed by atoms with Gasteiger partial charge < -0.3 is 25.8 Å². The third-order valence-electron chi connectivity index (χ3n) is 6.57. The highest BCUT2D eigenvalue weighted by molar-refractivity contribution is 5.86. The van der Waals surface area contributed by atoms with Gasteiger partial charge in [-0.2, -0.15) is 10.1 Å². The number of pyridine rings is 1. The first-order valence-corrected chi connectivity index (χ1v) is 12.1. The smallest absolute Gasteiger partial charge is 0.222 e. The van der Waals surface area contributed by atoms with E-state index >= 15 is 0 Å². The van der Waals surface area contributed by atoms with Crippen LogP contribution in [0.25, 0.3) is 11.0 Å². The minimum atomic E-state index is 0.0799. The molecule has 1 aliphatic heterocycles. The molecule has 1 saturated heterocycles. The van der Waals surface area contributed by atoms with Gasteiger partial charge >= 0.3 is 0 Å². The second-order valence-corrected chi connectivity index (χ2v) is 9.07. The molecule has 0 aromatic carbocycles. The van der Waals surface area contributed by atoms with Crippen molar-refractivity contribution in [2.45, 2.75) is 57.5 Å². The molecule has 1 aliphatic rings. The number of anilines is 2. The number of hydrogen-bond acceptors (Lipinski definition) is 9. The van der Waals surface area contributed by atoms with Crippen molar-refractivity contribution in [1.82, 2.24) is 29.6 Å². The maximum Gasteiger partial charge on any atom is 0.222 e. The third-order valence-corrected chi connectivity index (χ3v) is 6.57. The molecule has 0 spiro atoms. The van der Waals surface area contributed by atoms with Crippen molar-refractivity contribution < 1.29 is 9.84 Å². The zero-order valence-corrected chi connectivity index (χ0v) is 20.4. The molecular formula is C24H36N8O2. The number of rotatable bonds is 10. The minimum absolute atomic E-state index is 0.0799. The maximum atomic E-state index is 9.48. The van der Waals surface area contributed by atoms with Crippen LogP contribution in [0, 0.1) is 0 Å². The predicted octanol–water partition coefficient (Wildman–Crippen LogP) is 2.63. The SMILES string of the molecule is CCCC(CCO)Nc1nc(N)nc2cnn(Cc3nc(C4CCN(C)CC4)ccc3OC)c12. The molecule has 4 N–H and O–H groups in total. The second-order valence-electron chi connectivity index (χ2n) is 9.07. The molecule has 0 radical (unpaired) electrons. The number of methoxy groups -OCH3 is 1. The Balaban J connectivity index is 1.67. The highest BCUT2D eigenvalue weighted by Gasteiger charge is 2.22. The molecule has 3 aromatic rings. The van der Waals surface area contributed by atoms with Gasteiger partial charge in [0.25, 0.3) is 0 Å². The molecular weight excluding hydrogens is 432 g/mol. The number of nitrogens with zero attached hydrogens (tertiary/aromatic N) is 6. The van der Waals surface area contributed by atoms with Gasteiger partial charge in [0.05, 0.1) is 19.9 Å². The Morgan fingerprint density at radius 3 is 2.71 bits per heavy atom. The van der Waals surface area contributed by atoms with Crippen LogP contribution in [-0.2, 0) is 6.54 Å². The predicted molar refractivity (Wildman–Crippen MR) is 133 cm³/mol. The molecule has 0 aliphatic carbocycles. The molecule has 10 heteroatoms. The fourth-order valence-corrected chi connectivity index (χ4v) is 4.70. The fourth-order valence-electron chi connectivity index (χ4n) is 4.70. The summed E-state index contributed by atoms with van der Waals surface area (Å²) in [6.45, 7) is 4.81. The molecule has 0 saturated carbocycles. The number of fused-ring (bicyclic) bond motifs is 1. The van der Waals surface area contributed by atoms with Crippen LogP contribution in [0.1, 0.15) is 56.3 Å². The van der Waals surface area contributed by atoms with Gasteiger partial charge in [0.2, 0.25) is 5.95 Å². The van der Waals surface area contributed by atoms with E-state index in [1.54, 1.807) is 13.3 Å². The minimum Gasteiger partial charge on any atom is -0.495 e. The first kappa shape index (κ1) is 24.2. The lowest BCUT2D eigenvalue weighted by Crippen LogP contribution is -2.29. The van der Waals surface area contributed by atoms with E-state index in [1.807, 2.05) is 10.7 Å². The van der Waals surface area contributed by atoms with Crippen molar-refractivity contribution in [3.8, 4) is 5.75 Å². The zero-order valence-electron chi connectivity index (χ0n) is 20.4. The van der Waals surface area contributed by atoms with Crippen molar-refractivity contribution in [3.05, 3.63) is 29.7 Å². The number of aliphatic hydroxyl groups is 1. The van der Waals surface area contributed by atoms with E-state index in [0.717, 1.165) is 61.4 Å². The third kappa shape index (κ3) is 5.39. The van der Waals surface area contributed by atoms with Gasteiger partial charge in [-0.05, 0) is 58.0 Å². The van der Waals surface area contributed by atoms with Gasteiger partial charge in [-0.1, -0.05) is 13.3 Å². The number of nitrogens with one attached hydrogen (secondary N) is 1. The number of nitrogen functional groups attached to an aromatic ring is 1. The Bertz CT molecular complexity index is 1090. The Hall–Kier alpha value is -2.98. The molecule has 10 nitrogen and oxygen atoms in total. The van der Waals surface area contributed by atoms with E-state index in [-0.39, 0.29) is 18.6 Å². The molecule has 0 bridgehead atoms. The molecule has 1 atom stereocenters. The van der Waals surface area contributed by atoms with E-state index in [0.29, 0.717) is 30.2 Å². The average Bonchev–Trinajstić information content (AvgIpc) is 3.22. The van der Waals surface area contributed by atoms with Crippen LogP contribution in [0.5, 0.6) is 5.75 Å². The summed E-state index contributed by atoms with van der Waals surface area (Å²) in [5, 5.41) is 17.5. The quantitative estimate of drug-likeness (QED) is 0.411. The number of aliphatic hydroxyl groups excluding tert-OH is 1. The molecule has 4 rings (SSSR count). The van der Waals surface area contributed by atoms with Crippen LogP contribution in [0.15, 0.2) is 18.3 Å². The summed E-state index contributed by atoms with van der Waals surface area (Å²) in [7, 11) is 3.83. The van der Waals surface area contributed by atoms with Crippen molar-refractivity contribution in [1.29, 1.82) is 0 Å². The van der Waals surface area contributed by atoms with Gasteiger partial charge in [0.15, 0.2) is 5.82 Å². The van der Waals surface area contributed by atoms with E-state index in [2.05, 4.69) is 45.3 Å². The van der Waals surface area contributed by atoms with Crippen LogP contribution >= 0.6 is 0 Å². The number of ether oxygens (including phenoxy) is 1. The fraction of sp³-hybridized carbons (Fsp3) is 0.583. The van der Waals surface area contributed by atoms with Gasteiger partial charge in [0, 0.05) is 24.3 Å². The molecule has 34 heavy (non-hydrogen) atoms. The molecule has 1 unspecified atom stereocenters. The van der Waals surface area contributed by atoms with Crippen molar-refractivity contribution >= 4 is 22.8 Å². The summed E-state index contributed by atoms with van der Waals surface area (Å²) >= 11 is 0. The van der Waals surface area contributed by atoms with Crippen LogP contribution in [0.4, 0.5) is 11.8 Å².